The molecule has 0 aliphatic carbocycles. The standard InChI is InChI=1S/C17H14N4OS/c1-3-9-21-14-6-5-12(4-2)10-15(14)23-17(21)20-16(22)13-11-18-7-8-19-13/h1,5-8,10-11H,4,9H2,2H3. The summed E-state index contributed by atoms with van der Waals surface area (Å²) in [6.45, 7) is 2.46. The molecule has 0 N–H and O–H groups in total. The summed E-state index contributed by atoms with van der Waals surface area (Å²) in [5, 5.41) is 0. The number of carbonyl (C=O) groups is 1. The van der Waals surface area contributed by atoms with Crippen LogP contribution in [0, 0.1) is 12.3 Å². The summed E-state index contributed by atoms with van der Waals surface area (Å²) >= 11 is 1.45. The fraction of sp³-hybridized carbons (Fsp3) is 0.176. The van der Waals surface area contributed by atoms with Gasteiger partial charge < -0.3 is 4.57 Å². The van der Waals surface area contributed by atoms with Crippen LogP contribution in [0.3, 0.4) is 0 Å². The van der Waals surface area contributed by atoms with Crippen LogP contribution in [-0.4, -0.2) is 20.4 Å². The van der Waals surface area contributed by atoms with Gasteiger partial charge in [-0.25, -0.2) is 4.98 Å². The van der Waals surface area contributed by atoms with Crippen molar-refractivity contribution >= 4 is 27.5 Å². The van der Waals surface area contributed by atoms with Crippen molar-refractivity contribution in [3.8, 4) is 12.3 Å². The zero-order valence-electron chi connectivity index (χ0n) is 12.6. The highest BCUT2D eigenvalue weighted by atomic mass is 32.1. The Morgan fingerprint density at radius 3 is 3.00 bits per heavy atom. The number of hydrogen-bond acceptors (Lipinski definition) is 4. The van der Waals surface area contributed by atoms with E-state index in [0.717, 1.165) is 16.6 Å². The van der Waals surface area contributed by atoms with Gasteiger partial charge in [0.2, 0.25) is 0 Å². The van der Waals surface area contributed by atoms with Gasteiger partial charge in [-0.2, -0.15) is 4.99 Å². The lowest BCUT2D eigenvalue weighted by Crippen LogP contribution is -2.16. The summed E-state index contributed by atoms with van der Waals surface area (Å²) in [4.78, 5) is 24.9. The lowest BCUT2D eigenvalue weighted by atomic mass is 10.2. The summed E-state index contributed by atoms with van der Waals surface area (Å²) in [5.41, 5.74) is 2.43. The van der Waals surface area contributed by atoms with Gasteiger partial charge >= 0.3 is 0 Å². The molecule has 1 aromatic carbocycles. The molecule has 0 saturated heterocycles. The van der Waals surface area contributed by atoms with Crippen molar-refractivity contribution < 1.29 is 4.79 Å². The number of fused-ring (bicyclic) bond motifs is 1. The Morgan fingerprint density at radius 1 is 1.43 bits per heavy atom. The number of aromatic nitrogens is 3. The Morgan fingerprint density at radius 2 is 2.30 bits per heavy atom. The first-order chi connectivity index (χ1) is 11.2. The van der Waals surface area contributed by atoms with Crippen LogP contribution in [0.15, 0.2) is 41.8 Å². The van der Waals surface area contributed by atoms with Crippen LogP contribution in [0.5, 0.6) is 0 Å². The Bertz CT molecular complexity index is 964. The van der Waals surface area contributed by atoms with E-state index in [0.29, 0.717) is 11.3 Å². The molecule has 114 valence electrons. The zero-order valence-corrected chi connectivity index (χ0v) is 13.4. The number of thiazole rings is 1. The Hall–Kier alpha value is -2.78. The molecule has 0 aliphatic heterocycles. The Kier molecular flexibility index (Phi) is 4.31. The van der Waals surface area contributed by atoms with Crippen LogP contribution in [0.4, 0.5) is 0 Å². The molecule has 0 radical (unpaired) electrons. The zero-order chi connectivity index (χ0) is 16.2. The molecule has 3 aromatic rings. The van der Waals surface area contributed by atoms with Gasteiger partial charge in [0.25, 0.3) is 5.91 Å². The van der Waals surface area contributed by atoms with E-state index in [9.17, 15) is 4.79 Å². The molecule has 2 aromatic heterocycles. The molecule has 0 spiro atoms. The molecule has 3 rings (SSSR count). The van der Waals surface area contributed by atoms with Gasteiger partial charge in [-0.05, 0) is 24.1 Å². The number of benzene rings is 1. The first kappa shape index (κ1) is 15.1. The molecular weight excluding hydrogens is 308 g/mol. The maximum atomic E-state index is 12.2. The fourth-order valence-electron chi connectivity index (χ4n) is 2.22. The lowest BCUT2D eigenvalue weighted by molar-refractivity contribution is 0.0993. The SMILES string of the molecule is C#CCn1c(=NC(=O)c2cnccn2)sc2cc(CC)ccc21. The van der Waals surface area contributed by atoms with Gasteiger partial charge in [0.15, 0.2) is 4.80 Å². The van der Waals surface area contributed by atoms with E-state index in [-0.39, 0.29) is 5.69 Å². The average Bonchev–Trinajstić information content (AvgIpc) is 2.92. The monoisotopic (exact) mass is 322 g/mol. The number of aryl methyl sites for hydroxylation is 1. The summed E-state index contributed by atoms with van der Waals surface area (Å²) in [5.74, 6) is 2.19. The third-order valence-corrected chi connectivity index (χ3v) is 4.43. The van der Waals surface area contributed by atoms with Crippen LogP contribution in [0.25, 0.3) is 10.2 Å². The molecule has 2 heterocycles. The highest BCUT2D eigenvalue weighted by molar-refractivity contribution is 7.16. The number of rotatable bonds is 3. The highest BCUT2D eigenvalue weighted by Crippen LogP contribution is 2.19. The highest BCUT2D eigenvalue weighted by Gasteiger charge is 2.10. The second-order valence-corrected chi connectivity index (χ2v) is 5.85. The van der Waals surface area contributed by atoms with Crippen molar-refractivity contribution in [2.45, 2.75) is 19.9 Å². The minimum absolute atomic E-state index is 0.214. The van der Waals surface area contributed by atoms with Crippen molar-refractivity contribution in [2.24, 2.45) is 4.99 Å². The summed E-state index contributed by atoms with van der Waals surface area (Å²) in [7, 11) is 0. The summed E-state index contributed by atoms with van der Waals surface area (Å²) < 4.78 is 2.93. The molecule has 6 heteroatoms. The quantitative estimate of drug-likeness (QED) is 0.696. The molecule has 0 unspecified atom stereocenters. The molecule has 23 heavy (non-hydrogen) atoms. The van der Waals surface area contributed by atoms with Gasteiger partial charge in [-0.15, -0.1) is 6.42 Å². The summed E-state index contributed by atoms with van der Waals surface area (Å²) in [6, 6.07) is 6.20. The molecule has 5 nitrogen and oxygen atoms in total. The van der Waals surface area contributed by atoms with E-state index >= 15 is 0 Å². The van der Waals surface area contributed by atoms with Crippen molar-refractivity contribution in [2.75, 3.05) is 0 Å². The number of hydrogen-bond donors (Lipinski definition) is 0. The van der Waals surface area contributed by atoms with E-state index < -0.39 is 5.91 Å². The van der Waals surface area contributed by atoms with E-state index in [1.165, 1.54) is 35.5 Å². The third-order valence-electron chi connectivity index (χ3n) is 3.38. The van der Waals surface area contributed by atoms with Crippen LogP contribution < -0.4 is 4.80 Å². The predicted molar refractivity (Wildman–Crippen MR) is 90.0 cm³/mol. The molecule has 0 saturated carbocycles. The number of terminal acetylenes is 1. The van der Waals surface area contributed by atoms with Crippen molar-refractivity contribution in [1.29, 1.82) is 0 Å². The molecular formula is C17H14N4OS. The minimum Gasteiger partial charge on any atom is -0.305 e. The van der Waals surface area contributed by atoms with Gasteiger partial charge in [-0.3, -0.25) is 9.78 Å². The first-order valence-corrected chi connectivity index (χ1v) is 7.95. The average molecular weight is 322 g/mol. The predicted octanol–water partition coefficient (Wildman–Crippen LogP) is 2.43. The normalized spacial score (nSPS) is 11.6. The summed E-state index contributed by atoms with van der Waals surface area (Å²) in [6.07, 6.45) is 10.8. The number of amides is 1. The fourth-order valence-corrected chi connectivity index (χ4v) is 3.31. The largest absolute Gasteiger partial charge is 0.305 e. The van der Waals surface area contributed by atoms with Crippen LogP contribution >= 0.6 is 11.3 Å². The van der Waals surface area contributed by atoms with Gasteiger partial charge in [0.1, 0.15) is 5.69 Å². The maximum absolute atomic E-state index is 12.2. The van der Waals surface area contributed by atoms with Crippen LogP contribution in [-0.2, 0) is 13.0 Å². The second-order valence-electron chi connectivity index (χ2n) is 4.84. The van der Waals surface area contributed by atoms with Gasteiger partial charge in [0.05, 0.1) is 23.0 Å². The molecule has 1 amide bonds. The number of nitrogens with zero attached hydrogens (tertiary/aromatic N) is 4. The van der Waals surface area contributed by atoms with Gasteiger partial charge in [0, 0.05) is 12.4 Å². The topological polar surface area (TPSA) is 60.1 Å². The smallest absolute Gasteiger partial charge is 0.299 e. The molecule has 0 bridgehead atoms. The van der Waals surface area contributed by atoms with Crippen LogP contribution in [0.1, 0.15) is 23.0 Å². The second kappa shape index (κ2) is 6.55. The Balaban J connectivity index is 2.16. The van der Waals surface area contributed by atoms with E-state index in [1.807, 2.05) is 10.6 Å². The van der Waals surface area contributed by atoms with Gasteiger partial charge in [-0.1, -0.05) is 30.2 Å². The molecule has 0 aliphatic rings. The van der Waals surface area contributed by atoms with Crippen LogP contribution in [0.2, 0.25) is 0 Å². The lowest BCUT2D eigenvalue weighted by Gasteiger charge is -2.00. The van der Waals surface area contributed by atoms with Crippen molar-refractivity contribution in [1.82, 2.24) is 14.5 Å². The van der Waals surface area contributed by atoms with E-state index in [1.54, 1.807) is 0 Å². The molecule has 0 atom stereocenters. The third kappa shape index (κ3) is 3.05. The van der Waals surface area contributed by atoms with E-state index in [2.05, 4.69) is 39.9 Å². The first-order valence-electron chi connectivity index (χ1n) is 7.13. The van der Waals surface area contributed by atoms with Crippen molar-refractivity contribution in [3.05, 3.63) is 52.8 Å². The van der Waals surface area contributed by atoms with Crippen molar-refractivity contribution in [3.63, 3.8) is 0 Å². The minimum atomic E-state index is -0.425. The molecule has 0 fully saturated rings. The van der Waals surface area contributed by atoms with E-state index in [4.69, 9.17) is 6.42 Å². The maximum Gasteiger partial charge on any atom is 0.299 e. The Labute approximate surface area is 137 Å². The number of carbonyl (C=O) groups excluding carboxylic acids is 1.